The summed E-state index contributed by atoms with van der Waals surface area (Å²) < 4.78 is 1.22. The molecule has 4 aliphatic rings. The predicted molar refractivity (Wildman–Crippen MR) is 95.2 cm³/mol. The zero-order valence-corrected chi connectivity index (χ0v) is 16.3. The van der Waals surface area contributed by atoms with Gasteiger partial charge in [0.25, 0.3) is 0 Å². The van der Waals surface area contributed by atoms with Gasteiger partial charge in [-0.2, -0.15) is 0 Å². The van der Waals surface area contributed by atoms with Crippen molar-refractivity contribution >= 4 is 38.9 Å². The van der Waals surface area contributed by atoms with Crippen molar-refractivity contribution in [2.24, 2.45) is 22.2 Å². The first-order valence-corrected chi connectivity index (χ1v) is 10.2. The van der Waals surface area contributed by atoms with E-state index in [0.717, 1.165) is 5.92 Å². The summed E-state index contributed by atoms with van der Waals surface area (Å²) in [6, 6.07) is 2.28. The third-order valence-electron chi connectivity index (χ3n) is 6.41. The van der Waals surface area contributed by atoms with Crippen molar-refractivity contribution in [3.8, 4) is 0 Å². The molecule has 0 aliphatic heterocycles. The summed E-state index contributed by atoms with van der Waals surface area (Å²) in [4.78, 5) is 1.40. The first-order chi connectivity index (χ1) is 9.73. The molecule has 4 aliphatic carbocycles. The number of halogens is 2. The third kappa shape index (κ3) is 2.27. The van der Waals surface area contributed by atoms with Gasteiger partial charge in [0, 0.05) is 4.88 Å². The zero-order chi connectivity index (χ0) is 15.0. The van der Waals surface area contributed by atoms with Crippen LogP contribution in [0.3, 0.4) is 0 Å². The van der Waals surface area contributed by atoms with Crippen LogP contribution in [0.4, 0.5) is 0 Å². The van der Waals surface area contributed by atoms with Crippen molar-refractivity contribution in [3.05, 3.63) is 20.3 Å². The van der Waals surface area contributed by atoms with E-state index in [0.29, 0.717) is 16.2 Å². The summed E-state index contributed by atoms with van der Waals surface area (Å²) in [7, 11) is 0. The van der Waals surface area contributed by atoms with E-state index in [1.807, 2.05) is 11.3 Å². The van der Waals surface area contributed by atoms with Gasteiger partial charge in [-0.1, -0.05) is 13.8 Å². The smallest absolute Gasteiger partial charge is 0.0704 e. The van der Waals surface area contributed by atoms with Crippen LogP contribution >= 0.6 is 38.9 Å². The van der Waals surface area contributed by atoms with Crippen LogP contribution in [-0.4, -0.2) is 0 Å². The van der Waals surface area contributed by atoms with E-state index in [1.165, 1.54) is 52.8 Å². The number of alkyl halides is 1. The van der Waals surface area contributed by atoms with Gasteiger partial charge < -0.3 is 0 Å². The van der Waals surface area contributed by atoms with Crippen LogP contribution in [0.25, 0.3) is 0 Å². The van der Waals surface area contributed by atoms with Gasteiger partial charge in [0.1, 0.15) is 0 Å². The highest BCUT2D eigenvalue weighted by Crippen LogP contribution is 2.73. The van der Waals surface area contributed by atoms with Gasteiger partial charge in [-0.3, -0.25) is 0 Å². The number of hydrogen-bond donors (Lipinski definition) is 0. The highest BCUT2D eigenvalue weighted by atomic mass is 79.9. The fraction of sp³-hybridized carbons (Fsp3) is 0.778. The Morgan fingerprint density at radius 2 is 1.81 bits per heavy atom. The van der Waals surface area contributed by atoms with Crippen molar-refractivity contribution < 1.29 is 0 Å². The summed E-state index contributed by atoms with van der Waals surface area (Å²) >= 11 is 12.6. The van der Waals surface area contributed by atoms with Crippen LogP contribution in [0.15, 0.2) is 9.85 Å². The highest BCUT2D eigenvalue weighted by molar-refractivity contribution is 9.11. The molecule has 5 rings (SSSR count). The van der Waals surface area contributed by atoms with Crippen LogP contribution < -0.4 is 0 Å². The van der Waals surface area contributed by atoms with E-state index in [4.69, 9.17) is 11.6 Å². The zero-order valence-electron chi connectivity index (χ0n) is 13.1. The molecule has 3 heteroatoms. The molecule has 3 unspecified atom stereocenters. The summed E-state index contributed by atoms with van der Waals surface area (Å²) in [5, 5.41) is 0.196. The first-order valence-electron chi connectivity index (χ1n) is 8.13. The van der Waals surface area contributed by atoms with E-state index in [2.05, 4.69) is 42.8 Å². The van der Waals surface area contributed by atoms with E-state index in [9.17, 15) is 0 Å². The van der Waals surface area contributed by atoms with Gasteiger partial charge in [0.15, 0.2) is 0 Å². The maximum atomic E-state index is 7.16. The molecule has 0 radical (unpaired) electrons. The summed E-state index contributed by atoms with van der Waals surface area (Å²) in [6.07, 6.45) is 8.36. The molecule has 116 valence electrons. The van der Waals surface area contributed by atoms with Gasteiger partial charge in [0.05, 0.1) is 9.16 Å². The van der Waals surface area contributed by atoms with Crippen LogP contribution in [0, 0.1) is 29.1 Å². The Kier molecular flexibility index (Phi) is 3.23. The van der Waals surface area contributed by atoms with E-state index < -0.39 is 0 Å². The van der Waals surface area contributed by atoms with Crippen LogP contribution in [0.5, 0.6) is 0 Å². The lowest BCUT2D eigenvalue weighted by Gasteiger charge is -2.66. The fourth-order valence-electron chi connectivity index (χ4n) is 6.86. The Morgan fingerprint density at radius 3 is 2.29 bits per heavy atom. The average Bonchev–Trinajstić information content (AvgIpc) is 2.62. The van der Waals surface area contributed by atoms with Crippen molar-refractivity contribution in [2.75, 3.05) is 0 Å². The quantitative estimate of drug-likeness (QED) is 0.475. The van der Waals surface area contributed by atoms with Gasteiger partial charge in [-0.05, 0) is 95.2 Å². The summed E-state index contributed by atoms with van der Waals surface area (Å²) in [6.45, 7) is 7.29. The molecular formula is C18H24BrClS. The average molecular weight is 388 g/mol. The lowest BCUT2D eigenvalue weighted by atomic mass is 9.39. The predicted octanol–water partition coefficient (Wildman–Crippen LogP) is 7.10. The van der Waals surface area contributed by atoms with Gasteiger partial charge in [-0.15, -0.1) is 22.9 Å². The minimum Gasteiger partial charge on any atom is -0.133 e. The molecule has 0 N–H and O–H groups in total. The minimum atomic E-state index is 0.196. The van der Waals surface area contributed by atoms with Gasteiger partial charge in [-0.25, -0.2) is 0 Å². The Labute approximate surface area is 145 Å². The topological polar surface area (TPSA) is 0 Å². The second kappa shape index (κ2) is 4.51. The molecule has 3 atom stereocenters. The second-order valence-corrected chi connectivity index (χ2v) is 12.0. The molecule has 4 bridgehead atoms. The highest BCUT2D eigenvalue weighted by Gasteiger charge is 2.62. The van der Waals surface area contributed by atoms with Crippen LogP contribution in [0.2, 0.25) is 0 Å². The molecule has 1 aromatic rings. The maximum Gasteiger partial charge on any atom is 0.0704 e. The van der Waals surface area contributed by atoms with Gasteiger partial charge in [0.2, 0.25) is 0 Å². The largest absolute Gasteiger partial charge is 0.133 e. The SMILES string of the molecule is Cc1sc(Br)cc1C(Cl)C12CC3CC(C)(CC(C)(C3)C1)C2. The van der Waals surface area contributed by atoms with Crippen molar-refractivity contribution in [1.29, 1.82) is 0 Å². The molecule has 0 spiro atoms. The molecule has 0 amide bonds. The lowest BCUT2D eigenvalue weighted by Crippen LogP contribution is -2.56. The number of thiophene rings is 1. The van der Waals surface area contributed by atoms with Gasteiger partial charge >= 0.3 is 0 Å². The molecule has 4 fully saturated rings. The van der Waals surface area contributed by atoms with Crippen molar-refractivity contribution in [2.45, 2.75) is 64.7 Å². The Morgan fingerprint density at radius 1 is 1.19 bits per heavy atom. The number of aryl methyl sites for hydroxylation is 1. The molecule has 4 saturated carbocycles. The Balaban J connectivity index is 1.75. The lowest BCUT2D eigenvalue weighted by molar-refractivity contribution is -0.146. The number of hydrogen-bond acceptors (Lipinski definition) is 1. The minimum absolute atomic E-state index is 0.196. The molecule has 0 saturated heterocycles. The third-order valence-corrected chi connectivity index (χ3v) is 8.67. The second-order valence-electron chi connectivity index (χ2n) is 8.92. The van der Waals surface area contributed by atoms with Crippen LogP contribution in [-0.2, 0) is 0 Å². The molecule has 1 heterocycles. The van der Waals surface area contributed by atoms with Crippen LogP contribution in [0.1, 0.15) is 68.2 Å². The first kappa shape index (κ1) is 15.0. The van der Waals surface area contributed by atoms with E-state index in [1.54, 1.807) is 0 Å². The van der Waals surface area contributed by atoms with Crippen molar-refractivity contribution in [3.63, 3.8) is 0 Å². The molecule has 21 heavy (non-hydrogen) atoms. The Hall–Kier alpha value is 0.470. The van der Waals surface area contributed by atoms with E-state index >= 15 is 0 Å². The molecule has 0 nitrogen and oxygen atoms in total. The van der Waals surface area contributed by atoms with E-state index in [-0.39, 0.29) is 5.38 Å². The maximum absolute atomic E-state index is 7.16. The summed E-state index contributed by atoms with van der Waals surface area (Å²) in [5.41, 5.74) is 2.82. The normalized spacial score (nSPS) is 46.0. The van der Waals surface area contributed by atoms with Crippen molar-refractivity contribution in [1.82, 2.24) is 0 Å². The molecule has 1 aromatic heterocycles. The monoisotopic (exact) mass is 386 g/mol. The fourth-order valence-corrected chi connectivity index (χ4v) is 9.14. The standard InChI is InChI=1S/C18H24BrClS/c1-11-13(4-14(19)21-11)15(20)18-7-12-5-16(2,9-18)8-17(3,6-12)10-18/h4,12,15H,5-10H2,1-3H3. The Bertz CT molecular complexity index is 574. The number of rotatable bonds is 2. The molecular weight excluding hydrogens is 364 g/mol. The molecule has 0 aromatic carbocycles. The summed E-state index contributed by atoms with van der Waals surface area (Å²) in [5.74, 6) is 0.917.